The lowest BCUT2D eigenvalue weighted by molar-refractivity contribution is 0.0942. The van der Waals surface area contributed by atoms with E-state index in [1.165, 1.54) is 0 Å². The van der Waals surface area contributed by atoms with Crippen LogP contribution in [0.4, 0.5) is 0 Å². The van der Waals surface area contributed by atoms with Crippen molar-refractivity contribution >= 4 is 5.91 Å². The molecule has 0 saturated heterocycles. The molecule has 6 nitrogen and oxygen atoms in total. The van der Waals surface area contributed by atoms with E-state index >= 15 is 0 Å². The molecule has 1 aliphatic carbocycles. The van der Waals surface area contributed by atoms with E-state index in [0.29, 0.717) is 12.4 Å². The lowest BCUT2D eigenvalue weighted by Crippen LogP contribution is -2.23. The highest BCUT2D eigenvalue weighted by atomic mass is 16.5. The van der Waals surface area contributed by atoms with Crippen LogP contribution in [0.2, 0.25) is 0 Å². The third-order valence-corrected chi connectivity index (χ3v) is 2.42. The third-order valence-electron chi connectivity index (χ3n) is 2.42. The standard InChI is InChI=1S/C10H14N4O2/c1-2-12-9(15)8-13-10(16-14-8)6-3-4-7(11)5-6/h3-4,6-7H,2,5,11H2,1H3,(H,12,15). The van der Waals surface area contributed by atoms with Crippen LogP contribution in [0.1, 0.15) is 35.8 Å². The zero-order valence-corrected chi connectivity index (χ0v) is 9.01. The Labute approximate surface area is 92.9 Å². The van der Waals surface area contributed by atoms with Gasteiger partial charge in [-0.3, -0.25) is 4.79 Å². The molecule has 2 rings (SSSR count). The maximum Gasteiger partial charge on any atom is 0.292 e. The van der Waals surface area contributed by atoms with Crippen molar-refractivity contribution in [3.05, 3.63) is 23.9 Å². The van der Waals surface area contributed by atoms with Crippen LogP contribution in [0, 0.1) is 0 Å². The molecule has 1 aromatic rings. The fraction of sp³-hybridized carbons (Fsp3) is 0.500. The molecule has 0 saturated carbocycles. The van der Waals surface area contributed by atoms with Crippen molar-refractivity contribution in [2.75, 3.05) is 6.54 Å². The summed E-state index contributed by atoms with van der Waals surface area (Å²) >= 11 is 0. The van der Waals surface area contributed by atoms with Crippen LogP contribution in [0.3, 0.4) is 0 Å². The summed E-state index contributed by atoms with van der Waals surface area (Å²) in [4.78, 5) is 15.4. The van der Waals surface area contributed by atoms with E-state index in [0.717, 1.165) is 6.42 Å². The summed E-state index contributed by atoms with van der Waals surface area (Å²) in [7, 11) is 0. The van der Waals surface area contributed by atoms with Gasteiger partial charge < -0.3 is 15.6 Å². The molecular formula is C10H14N4O2. The number of nitrogens with zero attached hydrogens (tertiary/aromatic N) is 2. The van der Waals surface area contributed by atoms with Crippen LogP contribution >= 0.6 is 0 Å². The van der Waals surface area contributed by atoms with Crippen LogP contribution in [0.15, 0.2) is 16.7 Å². The van der Waals surface area contributed by atoms with Crippen molar-refractivity contribution in [1.29, 1.82) is 0 Å². The quantitative estimate of drug-likeness (QED) is 0.712. The molecule has 1 heterocycles. The number of amides is 1. The molecule has 6 heteroatoms. The Hall–Kier alpha value is -1.69. The molecule has 1 aromatic heterocycles. The van der Waals surface area contributed by atoms with Crippen LogP contribution in [0.5, 0.6) is 0 Å². The van der Waals surface area contributed by atoms with Crippen molar-refractivity contribution in [1.82, 2.24) is 15.5 Å². The molecule has 1 amide bonds. The third kappa shape index (κ3) is 2.11. The van der Waals surface area contributed by atoms with Gasteiger partial charge in [-0.1, -0.05) is 17.3 Å². The normalized spacial score (nSPS) is 23.6. The fourth-order valence-corrected chi connectivity index (χ4v) is 1.63. The van der Waals surface area contributed by atoms with Gasteiger partial charge in [0.2, 0.25) is 5.89 Å². The number of carbonyl (C=O) groups is 1. The van der Waals surface area contributed by atoms with Crippen LogP contribution in [-0.4, -0.2) is 28.6 Å². The van der Waals surface area contributed by atoms with Gasteiger partial charge in [-0.2, -0.15) is 4.98 Å². The van der Waals surface area contributed by atoms with E-state index in [2.05, 4.69) is 15.5 Å². The minimum absolute atomic E-state index is 0.0322. The summed E-state index contributed by atoms with van der Waals surface area (Å²) < 4.78 is 5.04. The second-order valence-electron chi connectivity index (χ2n) is 3.71. The predicted octanol–water partition coefficient (Wildman–Crippen LogP) is 0.190. The summed E-state index contributed by atoms with van der Waals surface area (Å²) in [5.74, 6) is 0.241. The lowest BCUT2D eigenvalue weighted by atomic mass is 10.1. The molecule has 3 N–H and O–H groups in total. The average Bonchev–Trinajstić information content (AvgIpc) is 2.85. The first-order valence-electron chi connectivity index (χ1n) is 5.26. The number of nitrogens with two attached hydrogens (primary N) is 1. The summed E-state index contributed by atoms with van der Waals surface area (Å²) in [6, 6.07) is 0.0322. The Morgan fingerprint density at radius 1 is 1.69 bits per heavy atom. The summed E-state index contributed by atoms with van der Waals surface area (Å²) in [6.07, 6.45) is 4.58. The minimum atomic E-state index is -0.316. The SMILES string of the molecule is CCNC(=O)c1noc(C2C=CC(N)C2)n1. The Kier molecular flexibility index (Phi) is 3.00. The van der Waals surface area contributed by atoms with Crippen molar-refractivity contribution < 1.29 is 9.32 Å². The molecular weight excluding hydrogens is 208 g/mol. The number of carbonyl (C=O) groups excluding carboxylic acids is 1. The topological polar surface area (TPSA) is 94.0 Å². The zero-order chi connectivity index (χ0) is 11.5. The number of hydrogen-bond donors (Lipinski definition) is 2. The number of aromatic nitrogens is 2. The highest BCUT2D eigenvalue weighted by Crippen LogP contribution is 2.26. The van der Waals surface area contributed by atoms with Gasteiger partial charge in [0.05, 0.1) is 5.92 Å². The molecule has 2 atom stereocenters. The maximum atomic E-state index is 11.4. The number of allylic oxidation sites excluding steroid dienone is 1. The second-order valence-corrected chi connectivity index (χ2v) is 3.71. The van der Waals surface area contributed by atoms with Crippen molar-refractivity contribution in [3.63, 3.8) is 0 Å². The van der Waals surface area contributed by atoms with E-state index in [9.17, 15) is 4.79 Å². The smallest absolute Gasteiger partial charge is 0.292 e. The molecule has 0 aliphatic heterocycles. The average molecular weight is 222 g/mol. The van der Waals surface area contributed by atoms with E-state index in [1.54, 1.807) is 0 Å². The first kappa shape index (κ1) is 10.8. The molecule has 0 spiro atoms. The van der Waals surface area contributed by atoms with E-state index in [4.69, 9.17) is 10.3 Å². The van der Waals surface area contributed by atoms with Gasteiger partial charge in [0.15, 0.2) is 0 Å². The maximum absolute atomic E-state index is 11.4. The second kappa shape index (κ2) is 4.44. The first-order valence-corrected chi connectivity index (χ1v) is 5.26. The Morgan fingerprint density at radius 2 is 2.50 bits per heavy atom. The largest absolute Gasteiger partial charge is 0.349 e. The van der Waals surface area contributed by atoms with Gasteiger partial charge in [-0.25, -0.2) is 0 Å². The van der Waals surface area contributed by atoms with E-state index in [1.807, 2.05) is 19.1 Å². The number of rotatable bonds is 3. The number of nitrogens with one attached hydrogen (secondary N) is 1. The Bertz CT molecular complexity index is 413. The molecule has 0 fully saturated rings. The Balaban J connectivity index is 2.08. The summed E-state index contributed by atoms with van der Waals surface area (Å²) in [5.41, 5.74) is 5.72. The van der Waals surface area contributed by atoms with E-state index in [-0.39, 0.29) is 23.7 Å². The molecule has 16 heavy (non-hydrogen) atoms. The van der Waals surface area contributed by atoms with Gasteiger partial charge in [0.1, 0.15) is 0 Å². The van der Waals surface area contributed by atoms with Crippen molar-refractivity contribution in [3.8, 4) is 0 Å². The highest BCUT2D eigenvalue weighted by molar-refractivity contribution is 5.90. The van der Waals surface area contributed by atoms with Gasteiger partial charge >= 0.3 is 0 Å². The van der Waals surface area contributed by atoms with E-state index < -0.39 is 0 Å². The highest BCUT2D eigenvalue weighted by Gasteiger charge is 2.24. The van der Waals surface area contributed by atoms with Crippen molar-refractivity contribution in [2.45, 2.75) is 25.3 Å². The monoisotopic (exact) mass is 222 g/mol. The lowest BCUT2D eigenvalue weighted by Gasteiger charge is -2.01. The fourth-order valence-electron chi connectivity index (χ4n) is 1.63. The molecule has 0 bridgehead atoms. The van der Waals surface area contributed by atoms with Gasteiger partial charge in [0.25, 0.3) is 11.7 Å². The van der Waals surface area contributed by atoms with Crippen LogP contribution < -0.4 is 11.1 Å². The zero-order valence-electron chi connectivity index (χ0n) is 9.01. The summed E-state index contributed by atoms with van der Waals surface area (Å²) in [6.45, 7) is 2.37. The van der Waals surface area contributed by atoms with Gasteiger partial charge in [-0.05, 0) is 13.3 Å². The minimum Gasteiger partial charge on any atom is -0.349 e. The molecule has 1 aliphatic rings. The molecule has 0 radical (unpaired) electrons. The predicted molar refractivity (Wildman–Crippen MR) is 56.8 cm³/mol. The van der Waals surface area contributed by atoms with Crippen LogP contribution in [0.25, 0.3) is 0 Å². The van der Waals surface area contributed by atoms with Crippen molar-refractivity contribution in [2.24, 2.45) is 5.73 Å². The molecule has 2 unspecified atom stereocenters. The Morgan fingerprint density at radius 3 is 3.12 bits per heavy atom. The summed E-state index contributed by atoms with van der Waals surface area (Å²) in [5, 5.41) is 6.24. The first-order chi connectivity index (χ1) is 7.70. The van der Waals surface area contributed by atoms with Crippen LogP contribution in [-0.2, 0) is 0 Å². The van der Waals surface area contributed by atoms with Gasteiger partial charge in [-0.15, -0.1) is 0 Å². The van der Waals surface area contributed by atoms with Gasteiger partial charge in [0, 0.05) is 12.6 Å². The number of hydrogen-bond acceptors (Lipinski definition) is 5. The molecule has 86 valence electrons. The molecule has 0 aromatic carbocycles.